The first-order valence-corrected chi connectivity index (χ1v) is 12.7. The van der Waals surface area contributed by atoms with Gasteiger partial charge in [-0.1, -0.05) is 113 Å². The molecule has 0 unspecified atom stereocenters. The first-order valence-electron chi connectivity index (χ1n) is 12.7. The van der Waals surface area contributed by atoms with Gasteiger partial charge in [0, 0.05) is 33.1 Å². The van der Waals surface area contributed by atoms with Gasteiger partial charge in [0.2, 0.25) is 0 Å². The maximum absolute atomic E-state index is 5.14. The minimum Gasteiger partial charge on any atom is -0.247 e. The van der Waals surface area contributed by atoms with Crippen LogP contribution in [0.25, 0.3) is 45.0 Å². The summed E-state index contributed by atoms with van der Waals surface area (Å²) in [4.78, 5) is 10.3. The Morgan fingerprint density at radius 2 is 0.806 bits per heavy atom. The molecule has 2 heterocycles. The molecule has 36 heavy (non-hydrogen) atoms. The van der Waals surface area contributed by atoms with Gasteiger partial charge in [0.15, 0.2) is 0 Å². The van der Waals surface area contributed by atoms with Crippen LogP contribution >= 0.6 is 0 Å². The van der Waals surface area contributed by atoms with Gasteiger partial charge >= 0.3 is 0 Å². The van der Waals surface area contributed by atoms with Crippen LogP contribution in [0.3, 0.4) is 0 Å². The molecule has 0 amide bonds. The van der Waals surface area contributed by atoms with Crippen LogP contribution in [0.5, 0.6) is 0 Å². The van der Waals surface area contributed by atoms with Gasteiger partial charge in [0.25, 0.3) is 0 Å². The van der Waals surface area contributed by atoms with E-state index in [1.54, 1.807) is 0 Å². The Hall–Kier alpha value is -4.04. The maximum atomic E-state index is 5.14. The van der Waals surface area contributed by atoms with E-state index in [9.17, 15) is 0 Å². The number of rotatable bonds is 2. The van der Waals surface area contributed by atoms with Crippen LogP contribution < -0.4 is 0 Å². The Balaban J connectivity index is 1.26. The van der Waals surface area contributed by atoms with Crippen molar-refractivity contribution in [1.82, 2.24) is 9.97 Å². The van der Waals surface area contributed by atoms with E-state index in [4.69, 9.17) is 9.97 Å². The third-order valence-corrected chi connectivity index (χ3v) is 8.32. The summed E-state index contributed by atoms with van der Waals surface area (Å²) in [6, 6.07) is 34.8. The minimum absolute atomic E-state index is 0.0201. The predicted octanol–water partition coefficient (Wildman–Crippen LogP) is 8.42. The van der Waals surface area contributed by atoms with Crippen LogP contribution in [-0.4, -0.2) is 9.97 Å². The number of hydrogen-bond acceptors (Lipinski definition) is 2. The van der Waals surface area contributed by atoms with Crippen LogP contribution in [0.4, 0.5) is 0 Å². The highest BCUT2D eigenvalue weighted by Gasteiger charge is 2.37. The van der Waals surface area contributed by atoms with Crippen LogP contribution in [0.1, 0.15) is 49.9 Å². The molecular formula is C34H28N2. The lowest BCUT2D eigenvalue weighted by atomic mass is 9.83. The van der Waals surface area contributed by atoms with Crippen LogP contribution in [-0.2, 0) is 10.8 Å². The lowest BCUT2D eigenvalue weighted by molar-refractivity contribution is 0.659. The van der Waals surface area contributed by atoms with Crippen molar-refractivity contribution in [3.8, 4) is 45.0 Å². The highest BCUT2D eigenvalue weighted by Crippen LogP contribution is 2.49. The molecule has 2 aliphatic carbocycles. The molecule has 0 bridgehead atoms. The van der Waals surface area contributed by atoms with Gasteiger partial charge < -0.3 is 0 Å². The number of aromatic nitrogens is 2. The second kappa shape index (κ2) is 7.24. The predicted molar refractivity (Wildman–Crippen MR) is 148 cm³/mol. The van der Waals surface area contributed by atoms with E-state index in [0.717, 1.165) is 33.9 Å². The lowest BCUT2D eigenvalue weighted by Gasteiger charge is -2.21. The van der Waals surface area contributed by atoms with Gasteiger partial charge in [-0.05, 0) is 34.4 Å². The Labute approximate surface area is 212 Å². The van der Waals surface area contributed by atoms with Crippen molar-refractivity contribution >= 4 is 0 Å². The fraction of sp³-hybridized carbons (Fsp3) is 0.176. The average molecular weight is 465 g/mol. The third kappa shape index (κ3) is 2.85. The van der Waals surface area contributed by atoms with Gasteiger partial charge in [-0.25, -0.2) is 9.97 Å². The quantitative estimate of drug-likeness (QED) is 0.262. The minimum atomic E-state index is -0.0201. The Morgan fingerprint density at radius 3 is 1.22 bits per heavy atom. The molecule has 7 rings (SSSR count). The van der Waals surface area contributed by atoms with E-state index in [0.29, 0.717) is 0 Å². The summed E-state index contributed by atoms with van der Waals surface area (Å²) in [5.41, 5.74) is 14.2. The molecule has 0 saturated carbocycles. The van der Waals surface area contributed by atoms with E-state index in [-0.39, 0.29) is 10.8 Å². The number of pyridine rings is 2. The Kier molecular flexibility index (Phi) is 4.27. The number of fused-ring (bicyclic) bond motifs is 6. The molecule has 2 aliphatic rings. The van der Waals surface area contributed by atoms with Crippen LogP contribution in [0, 0.1) is 0 Å². The summed E-state index contributed by atoms with van der Waals surface area (Å²) >= 11 is 0. The zero-order chi connectivity index (χ0) is 24.7. The first-order chi connectivity index (χ1) is 17.4. The Bertz CT molecular complexity index is 1550. The summed E-state index contributed by atoms with van der Waals surface area (Å²) in [7, 11) is 0. The summed E-state index contributed by atoms with van der Waals surface area (Å²) < 4.78 is 0. The molecule has 0 spiro atoms. The molecule has 5 aromatic rings. The van der Waals surface area contributed by atoms with Crippen molar-refractivity contribution in [2.75, 3.05) is 0 Å². The highest BCUT2D eigenvalue weighted by atomic mass is 14.8. The number of hydrogen-bond donors (Lipinski definition) is 0. The fourth-order valence-corrected chi connectivity index (χ4v) is 6.23. The molecule has 0 aliphatic heterocycles. The summed E-state index contributed by atoms with van der Waals surface area (Å²) in [5.74, 6) is 0. The number of benzene rings is 3. The average Bonchev–Trinajstić information content (AvgIpc) is 3.28. The largest absolute Gasteiger partial charge is 0.247 e. The Morgan fingerprint density at radius 1 is 0.417 bits per heavy atom. The van der Waals surface area contributed by atoms with Crippen molar-refractivity contribution in [2.24, 2.45) is 0 Å². The van der Waals surface area contributed by atoms with E-state index < -0.39 is 0 Å². The summed E-state index contributed by atoms with van der Waals surface area (Å²) in [5, 5.41) is 0. The molecule has 2 aromatic heterocycles. The van der Waals surface area contributed by atoms with Gasteiger partial charge in [-0.2, -0.15) is 0 Å². The topological polar surface area (TPSA) is 25.8 Å². The summed E-state index contributed by atoms with van der Waals surface area (Å²) in [6.07, 6.45) is 0. The maximum Gasteiger partial charge on any atom is 0.0753 e. The van der Waals surface area contributed by atoms with Crippen molar-refractivity contribution in [3.05, 3.63) is 119 Å². The monoisotopic (exact) mass is 464 g/mol. The zero-order valence-corrected chi connectivity index (χ0v) is 21.1. The lowest BCUT2D eigenvalue weighted by Crippen LogP contribution is -2.14. The second-order valence-electron chi connectivity index (χ2n) is 11.1. The fourth-order valence-electron chi connectivity index (χ4n) is 6.23. The molecule has 0 N–H and O–H groups in total. The normalized spacial score (nSPS) is 15.7. The first kappa shape index (κ1) is 21.3. The van der Waals surface area contributed by atoms with Crippen molar-refractivity contribution in [3.63, 3.8) is 0 Å². The third-order valence-electron chi connectivity index (χ3n) is 8.32. The standard InChI is InChI=1S/C34H28N2/c1-33(2)25-11-7-5-9-23(25)31-27(33)17-19-29(35-31)21-13-15-22(16-14-21)30-20-18-28-32(36-30)24-10-6-8-12-26(24)34(28,3)4/h5-20H,1-4H3. The zero-order valence-electron chi connectivity index (χ0n) is 21.1. The van der Waals surface area contributed by atoms with Crippen molar-refractivity contribution in [2.45, 2.75) is 38.5 Å². The van der Waals surface area contributed by atoms with E-state index in [1.807, 2.05) is 0 Å². The van der Waals surface area contributed by atoms with Crippen LogP contribution in [0.15, 0.2) is 97.1 Å². The molecule has 0 atom stereocenters. The molecule has 0 fully saturated rings. The molecule has 3 aromatic carbocycles. The SMILES string of the molecule is CC1(C)c2ccccc2-c2nc(-c3ccc(-c4ccc5c(n4)-c4ccccc4C5(C)C)cc3)ccc21. The molecular weight excluding hydrogens is 436 g/mol. The van der Waals surface area contributed by atoms with Crippen molar-refractivity contribution in [1.29, 1.82) is 0 Å². The van der Waals surface area contributed by atoms with Gasteiger partial charge in [-0.15, -0.1) is 0 Å². The molecule has 2 nitrogen and oxygen atoms in total. The summed E-state index contributed by atoms with van der Waals surface area (Å²) in [6.45, 7) is 9.15. The highest BCUT2D eigenvalue weighted by molar-refractivity contribution is 5.81. The molecule has 174 valence electrons. The number of nitrogens with zero attached hydrogens (tertiary/aromatic N) is 2. The van der Waals surface area contributed by atoms with E-state index in [2.05, 4.69) is 125 Å². The van der Waals surface area contributed by atoms with Gasteiger partial charge in [0.05, 0.1) is 22.8 Å². The van der Waals surface area contributed by atoms with Gasteiger partial charge in [-0.3, -0.25) is 0 Å². The van der Waals surface area contributed by atoms with Gasteiger partial charge in [0.1, 0.15) is 0 Å². The van der Waals surface area contributed by atoms with Crippen LogP contribution in [0.2, 0.25) is 0 Å². The smallest absolute Gasteiger partial charge is 0.0753 e. The van der Waals surface area contributed by atoms with E-state index in [1.165, 1.54) is 33.4 Å². The molecule has 0 radical (unpaired) electrons. The molecule has 0 saturated heterocycles. The van der Waals surface area contributed by atoms with Crippen molar-refractivity contribution < 1.29 is 0 Å². The second-order valence-corrected chi connectivity index (χ2v) is 11.1. The molecule has 2 heteroatoms. The van der Waals surface area contributed by atoms with E-state index >= 15 is 0 Å².